The molecule has 22 heavy (non-hydrogen) atoms. The Morgan fingerprint density at radius 2 is 2.05 bits per heavy atom. The van der Waals surface area contributed by atoms with E-state index in [4.69, 9.17) is 0 Å². The highest BCUT2D eigenvalue weighted by atomic mass is 79.9. The zero-order valence-electron chi connectivity index (χ0n) is 11.2. The van der Waals surface area contributed by atoms with Gasteiger partial charge in [0, 0.05) is 16.5 Å². The molecule has 4 nitrogen and oxygen atoms in total. The number of carbonyl (C=O) groups excluding carboxylic acids is 1. The number of carbonyl (C=O) groups is 1. The second-order valence-electron chi connectivity index (χ2n) is 3.93. The number of hydrogen-bond acceptors (Lipinski definition) is 4. The maximum Gasteiger partial charge on any atom is 0.573 e. The summed E-state index contributed by atoms with van der Waals surface area (Å²) < 4.78 is 71.5. The lowest BCUT2D eigenvalue weighted by Gasteiger charge is -2.17. The first kappa shape index (κ1) is 18.6. The van der Waals surface area contributed by atoms with Gasteiger partial charge in [0.25, 0.3) is 6.43 Å². The summed E-state index contributed by atoms with van der Waals surface area (Å²) in [4.78, 5) is 14.9. The molecule has 124 valence electrons. The lowest BCUT2D eigenvalue weighted by atomic mass is 10.1. The Bertz CT molecular complexity index is 536. The maximum absolute atomic E-state index is 13.2. The summed E-state index contributed by atoms with van der Waals surface area (Å²) in [5, 5.41) is -0.323. The van der Waals surface area contributed by atoms with Gasteiger partial charge in [-0.2, -0.15) is 0 Å². The van der Waals surface area contributed by atoms with E-state index in [1.807, 2.05) is 0 Å². The van der Waals surface area contributed by atoms with Crippen LogP contribution in [-0.4, -0.2) is 23.9 Å². The highest BCUT2D eigenvalue weighted by Crippen LogP contribution is 2.36. The molecule has 0 aliphatic heterocycles. The van der Waals surface area contributed by atoms with Gasteiger partial charge in [-0.15, -0.1) is 13.2 Å². The van der Waals surface area contributed by atoms with Crippen molar-refractivity contribution < 1.29 is 36.2 Å². The van der Waals surface area contributed by atoms with Crippen molar-refractivity contribution in [1.82, 2.24) is 4.98 Å². The smallest absolute Gasteiger partial charge is 0.466 e. The van der Waals surface area contributed by atoms with Gasteiger partial charge in [-0.1, -0.05) is 15.9 Å². The zero-order valence-corrected chi connectivity index (χ0v) is 12.8. The molecule has 1 aromatic rings. The van der Waals surface area contributed by atoms with Crippen molar-refractivity contribution in [3.8, 4) is 5.75 Å². The van der Waals surface area contributed by atoms with Gasteiger partial charge in [0.15, 0.2) is 5.75 Å². The van der Waals surface area contributed by atoms with Crippen LogP contribution in [0.3, 0.4) is 0 Å². The number of esters is 1. The monoisotopic (exact) mass is 391 g/mol. The highest BCUT2D eigenvalue weighted by molar-refractivity contribution is 9.08. The van der Waals surface area contributed by atoms with Gasteiger partial charge < -0.3 is 9.47 Å². The van der Waals surface area contributed by atoms with Crippen LogP contribution < -0.4 is 4.74 Å². The van der Waals surface area contributed by atoms with Gasteiger partial charge in [-0.3, -0.25) is 9.78 Å². The number of aromatic nitrogens is 1. The SMILES string of the molecule is CCOC(=O)Cc1ncc(OC(F)(F)F)c(CBr)c1C(F)F. The molecule has 0 saturated carbocycles. The molecule has 0 amide bonds. The number of hydrogen-bond donors (Lipinski definition) is 0. The van der Waals surface area contributed by atoms with Crippen molar-refractivity contribution in [1.29, 1.82) is 0 Å². The van der Waals surface area contributed by atoms with Gasteiger partial charge in [-0.25, -0.2) is 8.78 Å². The molecule has 0 saturated heterocycles. The fourth-order valence-electron chi connectivity index (χ4n) is 1.69. The molecule has 0 fully saturated rings. The van der Waals surface area contributed by atoms with Crippen LogP contribution in [0.5, 0.6) is 5.75 Å². The average molecular weight is 392 g/mol. The molecule has 1 heterocycles. The van der Waals surface area contributed by atoms with Gasteiger partial charge in [0.2, 0.25) is 0 Å². The molecule has 0 spiro atoms. The number of alkyl halides is 6. The first-order valence-corrected chi connectivity index (χ1v) is 7.07. The summed E-state index contributed by atoms with van der Waals surface area (Å²) in [6, 6.07) is 0. The van der Waals surface area contributed by atoms with Crippen molar-refractivity contribution in [3.63, 3.8) is 0 Å². The van der Waals surface area contributed by atoms with Crippen LogP contribution in [0.1, 0.15) is 30.2 Å². The normalized spacial score (nSPS) is 11.6. The van der Waals surface area contributed by atoms with Crippen LogP contribution in [0, 0.1) is 0 Å². The number of nitrogens with zero attached hydrogens (tertiary/aromatic N) is 1. The van der Waals surface area contributed by atoms with Gasteiger partial charge in [0.05, 0.1) is 24.9 Å². The fraction of sp³-hybridized carbons (Fsp3) is 0.500. The molecule has 0 unspecified atom stereocenters. The van der Waals surface area contributed by atoms with Crippen LogP contribution in [0.25, 0.3) is 0 Å². The maximum atomic E-state index is 13.2. The Morgan fingerprint density at radius 1 is 1.41 bits per heavy atom. The third-order valence-electron chi connectivity index (χ3n) is 2.47. The van der Waals surface area contributed by atoms with Crippen molar-refractivity contribution in [2.24, 2.45) is 0 Å². The fourth-order valence-corrected chi connectivity index (χ4v) is 2.27. The Labute approximate surface area is 130 Å². The van der Waals surface area contributed by atoms with Crippen molar-refractivity contribution in [2.75, 3.05) is 6.61 Å². The van der Waals surface area contributed by atoms with Crippen LogP contribution >= 0.6 is 15.9 Å². The second-order valence-corrected chi connectivity index (χ2v) is 4.49. The molecule has 10 heteroatoms. The molecule has 0 bridgehead atoms. The van der Waals surface area contributed by atoms with Crippen molar-refractivity contribution in [2.45, 2.75) is 31.5 Å². The zero-order chi connectivity index (χ0) is 16.9. The summed E-state index contributed by atoms with van der Waals surface area (Å²) in [5.41, 5.74) is -1.54. The molecule has 0 N–H and O–H groups in total. The van der Waals surface area contributed by atoms with Crippen LogP contribution in [0.4, 0.5) is 22.0 Å². The third-order valence-corrected chi connectivity index (χ3v) is 3.03. The standard InChI is InChI=1S/C12H11BrF5NO3/c1-2-21-9(20)3-7-10(11(14)15)6(4-13)8(5-19-7)22-12(16,17)18/h5,11H,2-4H2,1H3. The Kier molecular flexibility index (Phi) is 6.51. The molecule has 1 rings (SSSR count). The Hall–Kier alpha value is -1.45. The summed E-state index contributed by atoms with van der Waals surface area (Å²) in [7, 11) is 0. The Balaban J connectivity index is 3.28. The van der Waals surface area contributed by atoms with E-state index in [2.05, 4.69) is 30.4 Å². The number of halogens is 6. The summed E-state index contributed by atoms with van der Waals surface area (Å²) in [6.07, 6.45) is -8.08. The molecular formula is C12H11BrF5NO3. The van der Waals surface area contributed by atoms with E-state index < -0.39 is 42.1 Å². The predicted octanol–water partition coefficient (Wildman–Crippen LogP) is 3.92. The van der Waals surface area contributed by atoms with Gasteiger partial charge in [0.1, 0.15) is 0 Å². The third kappa shape index (κ3) is 5.08. The molecule has 0 aromatic carbocycles. The Morgan fingerprint density at radius 3 is 2.50 bits per heavy atom. The van der Waals surface area contributed by atoms with E-state index in [9.17, 15) is 26.7 Å². The molecule has 0 aliphatic carbocycles. The van der Waals surface area contributed by atoms with E-state index in [0.29, 0.717) is 6.20 Å². The van der Waals surface area contributed by atoms with E-state index in [0.717, 1.165) is 0 Å². The van der Waals surface area contributed by atoms with Crippen molar-refractivity contribution in [3.05, 3.63) is 23.0 Å². The molecule has 1 aromatic heterocycles. The van der Waals surface area contributed by atoms with Crippen LogP contribution in [-0.2, 0) is 21.3 Å². The van der Waals surface area contributed by atoms with Gasteiger partial charge >= 0.3 is 12.3 Å². The minimum Gasteiger partial charge on any atom is -0.466 e. The average Bonchev–Trinajstić information content (AvgIpc) is 2.38. The van der Waals surface area contributed by atoms with E-state index in [1.54, 1.807) is 0 Å². The molecule has 0 radical (unpaired) electrons. The van der Waals surface area contributed by atoms with Gasteiger partial charge in [-0.05, 0) is 6.92 Å². The quantitative estimate of drug-likeness (QED) is 0.419. The number of rotatable bonds is 6. The molecule has 0 atom stereocenters. The lowest BCUT2D eigenvalue weighted by Crippen LogP contribution is -2.20. The van der Waals surface area contributed by atoms with Crippen LogP contribution in [0.2, 0.25) is 0 Å². The minimum absolute atomic E-state index is 0.0451. The first-order valence-electron chi connectivity index (χ1n) is 5.95. The first-order chi connectivity index (χ1) is 10.2. The number of pyridine rings is 1. The van der Waals surface area contributed by atoms with E-state index in [-0.39, 0.29) is 17.6 Å². The summed E-state index contributed by atoms with van der Waals surface area (Å²) in [5.74, 6) is -1.64. The summed E-state index contributed by atoms with van der Waals surface area (Å²) in [6.45, 7) is 1.58. The lowest BCUT2D eigenvalue weighted by molar-refractivity contribution is -0.275. The van der Waals surface area contributed by atoms with E-state index in [1.165, 1.54) is 6.92 Å². The molecular weight excluding hydrogens is 381 g/mol. The van der Waals surface area contributed by atoms with E-state index >= 15 is 0 Å². The number of ether oxygens (including phenoxy) is 2. The topological polar surface area (TPSA) is 48.4 Å². The minimum atomic E-state index is -5.04. The van der Waals surface area contributed by atoms with Crippen LogP contribution in [0.15, 0.2) is 6.20 Å². The largest absolute Gasteiger partial charge is 0.573 e. The van der Waals surface area contributed by atoms with Crippen molar-refractivity contribution >= 4 is 21.9 Å². The highest BCUT2D eigenvalue weighted by Gasteiger charge is 2.34. The second kappa shape index (κ2) is 7.70. The predicted molar refractivity (Wildman–Crippen MR) is 68.8 cm³/mol. The summed E-state index contributed by atoms with van der Waals surface area (Å²) >= 11 is 2.84. The molecule has 0 aliphatic rings.